The minimum Gasteiger partial charge on any atom is -0.348 e. The largest absolute Gasteiger partial charge is 0.348 e. The van der Waals surface area contributed by atoms with Gasteiger partial charge >= 0.3 is 0 Å². The molecule has 1 heterocycles. The summed E-state index contributed by atoms with van der Waals surface area (Å²) in [5.41, 5.74) is 0.866. The van der Waals surface area contributed by atoms with Crippen molar-refractivity contribution in [2.75, 3.05) is 14.1 Å². The third-order valence-electron chi connectivity index (χ3n) is 3.31. The maximum absolute atomic E-state index is 12.9. The molecule has 0 aliphatic carbocycles. The van der Waals surface area contributed by atoms with Gasteiger partial charge in [0.25, 0.3) is 0 Å². The second-order valence-electron chi connectivity index (χ2n) is 5.90. The Morgan fingerprint density at radius 2 is 1.92 bits per heavy atom. The van der Waals surface area contributed by atoms with Crippen molar-refractivity contribution < 1.29 is 9.18 Å². The fourth-order valence-corrected chi connectivity index (χ4v) is 3.03. The van der Waals surface area contributed by atoms with Gasteiger partial charge in [0, 0.05) is 14.1 Å². The summed E-state index contributed by atoms with van der Waals surface area (Å²) < 4.78 is 12.9. The second kappa shape index (κ2) is 8.10. The van der Waals surface area contributed by atoms with Crippen LogP contribution in [0, 0.1) is 11.7 Å². The van der Waals surface area contributed by atoms with Crippen LogP contribution in [0.2, 0.25) is 0 Å². The van der Waals surface area contributed by atoms with E-state index < -0.39 is 0 Å². The molecule has 0 spiro atoms. The van der Waals surface area contributed by atoms with Gasteiger partial charge in [-0.1, -0.05) is 43.8 Å². The summed E-state index contributed by atoms with van der Waals surface area (Å²) in [5.74, 6) is 0.530. The number of nitrogens with one attached hydrogen (secondary N) is 1. The quantitative estimate of drug-likeness (QED) is 0.814. The Labute approximate surface area is 145 Å². The van der Waals surface area contributed by atoms with Crippen LogP contribution in [-0.2, 0) is 4.79 Å². The highest BCUT2D eigenvalue weighted by molar-refractivity contribution is 8.00. The van der Waals surface area contributed by atoms with Crippen molar-refractivity contribution in [2.24, 2.45) is 5.92 Å². The maximum atomic E-state index is 12.9. The number of halogens is 1. The summed E-state index contributed by atoms with van der Waals surface area (Å²) in [5, 5.41) is 7.28. The number of aromatic amines is 1. The van der Waals surface area contributed by atoms with Gasteiger partial charge < -0.3 is 4.90 Å². The molecule has 2 rings (SSSR count). The van der Waals surface area contributed by atoms with E-state index >= 15 is 0 Å². The number of H-pyrrole nitrogens is 1. The first kappa shape index (κ1) is 18.2. The smallest absolute Gasteiger partial charge is 0.235 e. The fourth-order valence-electron chi connectivity index (χ4n) is 1.97. The normalized spacial score (nSPS) is 12.8. The average molecular weight is 348 g/mol. The van der Waals surface area contributed by atoms with Crippen LogP contribution in [-0.4, -0.2) is 45.3 Å². The standard InChI is InChI=1S/C17H21FN4OS/c1-11(2)15(16(23)22(3)4)24-17-19-14(20-21-17)10-7-12-5-8-13(18)9-6-12/h5-11,15H,1-4H3,(H,19,20,21)/b10-7+/t15-/m1/s1. The van der Waals surface area contributed by atoms with Crippen molar-refractivity contribution in [1.29, 1.82) is 0 Å². The molecule has 0 aliphatic heterocycles. The Kier molecular flexibility index (Phi) is 6.14. The van der Waals surface area contributed by atoms with Crippen LogP contribution in [0.15, 0.2) is 29.4 Å². The van der Waals surface area contributed by atoms with Gasteiger partial charge in [0.1, 0.15) is 11.6 Å². The number of benzene rings is 1. The molecule has 0 fully saturated rings. The van der Waals surface area contributed by atoms with Gasteiger partial charge in [-0.05, 0) is 29.7 Å². The lowest BCUT2D eigenvalue weighted by atomic mass is 10.1. The van der Waals surface area contributed by atoms with Gasteiger partial charge in [-0.25, -0.2) is 9.37 Å². The van der Waals surface area contributed by atoms with E-state index in [4.69, 9.17) is 0 Å². The maximum Gasteiger partial charge on any atom is 0.235 e. The van der Waals surface area contributed by atoms with E-state index in [2.05, 4.69) is 15.2 Å². The summed E-state index contributed by atoms with van der Waals surface area (Å²) >= 11 is 1.35. The van der Waals surface area contributed by atoms with E-state index in [9.17, 15) is 9.18 Å². The molecule has 2 aromatic rings. The molecule has 1 atom stereocenters. The van der Waals surface area contributed by atoms with Crippen molar-refractivity contribution in [3.8, 4) is 0 Å². The first-order chi connectivity index (χ1) is 11.4. The molecule has 0 saturated carbocycles. The van der Waals surface area contributed by atoms with Crippen LogP contribution < -0.4 is 0 Å². The Bertz CT molecular complexity index is 710. The molecule has 24 heavy (non-hydrogen) atoms. The van der Waals surface area contributed by atoms with Crippen molar-refractivity contribution in [2.45, 2.75) is 24.3 Å². The second-order valence-corrected chi connectivity index (χ2v) is 7.01. The number of hydrogen-bond donors (Lipinski definition) is 1. The van der Waals surface area contributed by atoms with Gasteiger partial charge in [-0.2, -0.15) is 0 Å². The molecule has 128 valence electrons. The fraction of sp³-hybridized carbons (Fsp3) is 0.353. The molecule has 1 aromatic carbocycles. The summed E-state index contributed by atoms with van der Waals surface area (Å²) in [6, 6.07) is 6.17. The number of nitrogens with zero attached hydrogens (tertiary/aromatic N) is 3. The van der Waals surface area contributed by atoms with Gasteiger partial charge in [0.2, 0.25) is 11.1 Å². The van der Waals surface area contributed by atoms with Crippen LogP contribution in [0.3, 0.4) is 0 Å². The third kappa shape index (κ3) is 4.92. The summed E-state index contributed by atoms with van der Waals surface area (Å²) in [4.78, 5) is 18.2. The highest BCUT2D eigenvalue weighted by Crippen LogP contribution is 2.26. The lowest BCUT2D eigenvalue weighted by Gasteiger charge is -2.21. The monoisotopic (exact) mass is 348 g/mol. The molecule has 0 aliphatic rings. The van der Waals surface area contributed by atoms with Gasteiger partial charge in [-0.15, -0.1) is 5.10 Å². The molecular formula is C17H21FN4OS. The number of amides is 1. The molecular weight excluding hydrogens is 327 g/mol. The molecule has 0 unspecified atom stereocenters. The minimum atomic E-state index is -0.268. The Hall–Kier alpha value is -2.15. The number of carbonyl (C=O) groups is 1. The van der Waals surface area contributed by atoms with Crippen LogP contribution in [0.5, 0.6) is 0 Å². The molecule has 0 radical (unpaired) electrons. The number of carbonyl (C=O) groups excluding carboxylic acids is 1. The van der Waals surface area contributed by atoms with Crippen LogP contribution in [0.4, 0.5) is 4.39 Å². The Morgan fingerprint density at radius 1 is 1.25 bits per heavy atom. The lowest BCUT2D eigenvalue weighted by Crippen LogP contribution is -2.34. The zero-order valence-electron chi connectivity index (χ0n) is 14.2. The molecule has 1 N–H and O–H groups in total. The van der Waals surface area contributed by atoms with Gasteiger partial charge in [-0.3, -0.25) is 9.89 Å². The summed E-state index contributed by atoms with van der Waals surface area (Å²) in [7, 11) is 3.49. The van der Waals surface area contributed by atoms with Crippen molar-refractivity contribution in [1.82, 2.24) is 20.1 Å². The number of thioether (sulfide) groups is 1. The minimum absolute atomic E-state index is 0.0446. The molecule has 0 saturated heterocycles. The van der Waals surface area contributed by atoms with Crippen LogP contribution in [0.25, 0.3) is 12.2 Å². The van der Waals surface area contributed by atoms with E-state index in [1.165, 1.54) is 23.9 Å². The first-order valence-corrected chi connectivity index (χ1v) is 8.48. The van der Waals surface area contributed by atoms with Gasteiger partial charge in [0.15, 0.2) is 0 Å². The van der Waals surface area contributed by atoms with Crippen molar-refractivity contribution in [3.05, 3.63) is 41.5 Å². The third-order valence-corrected chi connectivity index (χ3v) is 4.70. The SMILES string of the molecule is CC(C)[C@@H](Sc1n[nH]c(/C=C/c2ccc(F)cc2)n1)C(=O)N(C)C. The van der Waals surface area contributed by atoms with Crippen molar-refractivity contribution >= 4 is 29.8 Å². The molecule has 0 bridgehead atoms. The summed E-state index contributed by atoms with van der Waals surface area (Å²) in [6.45, 7) is 4.00. The topological polar surface area (TPSA) is 61.9 Å². The first-order valence-electron chi connectivity index (χ1n) is 7.60. The summed E-state index contributed by atoms with van der Waals surface area (Å²) in [6.07, 6.45) is 3.59. The predicted octanol–water partition coefficient (Wildman–Crippen LogP) is 3.32. The van der Waals surface area contributed by atoms with Gasteiger partial charge in [0.05, 0.1) is 5.25 Å². The Balaban J connectivity index is 2.06. The molecule has 1 amide bonds. The van der Waals surface area contributed by atoms with E-state index in [0.29, 0.717) is 11.0 Å². The number of rotatable bonds is 6. The highest BCUT2D eigenvalue weighted by atomic mass is 32.2. The molecule has 5 nitrogen and oxygen atoms in total. The molecule has 7 heteroatoms. The van der Waals surface area contributed by atoms with E-state index in [1.807, 2.05) is 19.9 Å². The van der Waals surface area contributed by atoms with E-state index in [-0.39, 0.29) is 22.9 Å². The highest BCUT2D eigenvalue weighted by Gasteiger charge is 2.26. The predicted molar refractivity (Wildman–Crippen MR) is 94.9 cm³/mol. The van der Waals surface area contributed by atoms with Crippen LogP contribution in [0.1, 0.15) is 25.2 Å². The van der Waals surface area contributed by atoms with E-state index in [1.54, 1.807) is 37.2 Å². The number of hydrogen-bond acceptors (Lipinski definition) is 4. The lowest BCUT2D eigenvalue weighted by molar-refractivity contribution is -0.128. The zero-order valence-corrected chi connectivity index (χ0v) is 15.0. The average Bonchev–Trinajstić information content (AvgIpc) is 2.98. The van der Waals surface area contributed by atoms with Crippen molar-refractivity contribution in [3.63, 3.8) is 0 Å². The zero-order chi connectivity index (χ0) is 17.7. The Morgan fingerprint density at radius 3 is 2.50 bits per heavy atom. The number of aromatic nitrogens is 3. The molecule has 1 aromatic heterocycles. The van der Waals surface area contributed by atoms with Crippen LogP contribution >= 0.6 is 11.8 Å². The van der Waals surface area contributed by atoms with E-state index in [0.717, 1.165) is 5.56 Å².